The zero-order chi connectivity index (χ0) is 27.3. The van der Waals surface area contributed by atoms with Crippen molar-refractivity contribution in [2.75, 3.05) is 18.5 Å². The van der Waals surface area contributed by atoms with E-state index >= 15 is 0 Å². The van der Waals surface area contributed by atoms with Gasteiger partial charge in [-0.15, -0.1) is 0 Å². The van der Waals surface area contributed by atoms with Crippen LogP contribution in [0.5, 0.6) is 11.5 Å². The first-order valence-electron chi connectivity index (χ1n) is 11.2. The van der Waals surface area contributed by atoms with Gasteiger partial charge in [0.05, 0.1) is 16.5 Å². The third-order valence-electron chi connectivity index (χ3n) is 5.13. The summed E-state index contributed by atoms with van der Waals surface area (Å²) >= 11 is 6.85. The minimum atomic E-state index is -4.11. The first-order chi connectivity index (χ1) is 18.1. The zero-order valence-electron chi connectivity index (χ0n) is 19.9. The molecule has 0 spiro atoms. The summed E-state index contributed by atoms with van der Waals surface area (Å²) in [6.45, 7) is 1.50. The van der Waals surface area contributed by atoms with Gasteiger partial charge in [0.15, 0.2) is 0 Å². The van der Waals surface area contributed by atoms with Crippen LogP contribution in [-0.4, -0.2) is 43.5 Å². The van der Waals surface area contributed by atoms with Crippen molar-refractivity contribution in [2.24, 2.45) is 0 Å². The Morgan fingerprint density at radius 3 is 2.37 bits per heavy atom. The maximum Gasteiger partial charge on any atom is 0.339 e. The van der Waals surface area contributed by atoms with Crippen LogP contribution in [0, 0.1) is 0 Å². The third-order valence-corrected chi connectivity index (χ3v) is 7.61. The van der Waals surface area contributed by atoms with E-state index in [9.17, 15) is 22.8 Å². The first kappa shape index (κ1) is 27.2. The smallest absolute Gasteiger partial charge is 0.339 e. The summed E-state index contributed by atoms with van der Waals surface area (Å²) in [6, 6.07) is 18.5. The lowest BCUT2D eigenvalue weighted by Gasteiger charge is -2.13. The average Bonchev–Trinajstić information content (AvgIpc) is 3.13. The van der Waals surface area contributed by atoms with Crippen molar-refractivity contribution >= 4 is 62.3 Å². The van der Waals surface area contributed by atoms with Crippen molar-refractivity contribution in [1.82, 2.24) is 4.90 Å². The predicted octanol–water partition coefficient (Wildman–Crippen LogP) is 5.18. The van der Waals surface area contributed by atoms with Gasteiger partial charge >= 0.3 is 10.1 Å². The Bertz CT molecular complexity index is 1510. The van der Waals surface area contributed by atoms with Crippen molar-refractivity contribution in [1.29, 1.82) is 0 Å². The van der Waals surface area contributed by atoms with Crippen LogP contribution in [0.2, 0.25) is 5.02 Å². The second-order valence-electron chi connectivity index (χ2n) is 7.92. The van der Waals surface area contributed by atoms with E-state index in [1.54, 1.807) is 42.5 Å². The Morgan fingerprint density at radius 2 is 1.71 bits per heavy atom. The zero-order valence-corrected chi connectivity index (χ0v) is 22.3. The van der Waals surface area contributed by atoms with Gasteiger partial charge in [-0.2, -0.15) is 8.42 Å². The van der Waals surface area contributed by atoms with E-state index in [1.807, 2.05) is 0 Å². The number of hydrogen-bond acceptors (Lipinski definition) is 8. The maximum absolute atomic E-state index is 12.7. The summed E-state index contributed by atoms with van der Waals surface area (Å²) in [7, 11) is -4.11. The Labute approximate surface area is 228 Å². The van der Waals surface area contributed by atoms with Crippen molar-refractivity contribution in [3.63, 3.8) is 0 Å². The molecule has 9 nitrogen and oxygen atoms in total. The van der Waals surface area contributed by atoms with E-state index in [0.717, 1.165) is 16.7 Å². The number of rotatable bonds is 9. The molecule has 196 valence electrons. The van der Waals surface area contributed by atoms with E-state index in [4.69, 9.17) is 20.5 Å². The van der Waals surface area contributed by atoms with Gasteiger partial charge < -0.3 is 14.2 Å². The molecule has 0 aliphatic carbocycles. The van der Waals surface area contributed by atoms with E-state index in [-0.39, 0.29) is 34.6 Å². The molecular formula is C26H21ClN2O7S2. The number of nitrogens with one attached hydrogen (secondary N) is 1. The molecule has 0 atom stereocenters. The molecule has 0 radical (unpaired) electrons. The maximum atomic E-state index is 12.7. The number of anilines is 1. The van der Waals surface area contributed by atoms with Crippen LogP contribution in [0.4, 0.5) is 10.5 Å². The summed E-state index contributed by atoms with van der Waals surface area (Å²) in [5.74, 6) is -0.196. The number of thioether (sulfide) groups is 1. The fourth-order valence-corrected chi connectivity index (χ4v) is 5.34. The van der Waals surface area contributed by atoms with Gasteiger partial charge in [-0.05, 0) is 71.9 Å². The number of carbonyl (C=O) groups excluding carboxylic acids is 3. The molecule has 3 aromatic carbocycles. The van der Waals surface area contributed by atoms with Gasteiger partial charge in [0.1, 0.15) is 23.0 Å². The molecule has 1 saturated heterocycles. The Morgan fingerprint density at radius 1 is 1.03 bits per heavy atom. The van der Waals surface area contributed by atoms with E-state index in [0.29, 0.717) is 22.0 Å². The molecule has 0 bridgehead atoms. The molecule has 1 heterocycles. The molecule has 0 unspecified atom stereocenters. The molecule has 3 aromatic rings. The van der Waals surface area contributed by atoms with Crippen molar-refractivity contribution in [3.8, 4) is 11.5 Å². The number of benzene rings is 3. The lowest BCUT2D eigenvalue weighted by molar-refractivity contribution is -0.123. The highest BCUT2D eigenvalue weighted by Gasteiger charge is 2.34. The topological polar surface area (TPSA) is 119 Å². The van der Waals surface area contributed by atoms with Crippen LogP contribution >= 0.6 is 23.4 Å². The van der Waals surface area contributed by atoms with Gasteiger partial charge in [0, 0.05) is 12.6 Å². The molecule has 1 aliphatic rings. The third kappa shape index (κ3) is 6.74. The average molecular weight is 573 g/mol. The highest BCUT2D eigenvalue weighted by molar-refractivity contribution is 8.18. The van der Waals surface area contributed by atoms with Crippen LogP contribution in [0.1, 0.15) is 12.5 Å². The summed E-state index contributed by atoms with van der Waals surface area (Å²) in [5, 5.41) is 2.57. The summed E-state index contributed by atoms with van der Waals surface area (Å²) in [6.07, 6.45) is 1.54. The predicted molar refractivity (Wildman–Crippen MR) is 145 cm³/mol. The van der Waals surface area contributed by atoms with Gasteiger partial charge in [-0.3, -0.25) is 19.3 Å². The van der Waals surface area contributed by atoms with Gasteiger partial charge in [0.25, 0.3) is 11.1 Å². The number of halogens is 1. The fourth-order valence-electron chi connectivity index (χ4n) is 3.36. The molecule has 4 rings (SSSR count). The molecule has 1 N–H and O–H groups in total. The molecule has 1 aliphatic heterocycles. The minimum Gasteiger partial charge on any atom is -0.490 e. The number of hydrogen-bond donors (Lipinski definition) is 1. The lowest BCUT2D eigenvalue weighted by atomic mass is 10.2. The van der Waals surface area contributed by atoms with Crippen LogP contribution in [0.3, 0.4) is 0 Å². The highest BCUT2D eigenvalue weighted by atomic mass is 35.5. The van der Waals surface area contributed by atoms with E-state index in [2.05, 4.69) is 5.32 Å². The van der Waals surface area contributed by atoms with E-state index < -0.39 is 21.3 Å². The number of imide groups is 1. The summed E-state index contributed by atoms with van der Waals surface area (Å²) in [5.41, 5.74) is 1.03. The number of carbonyl (C=O) groups is 3. The normalized spacial score (nSPS) is 14.6. The molecule has 3 amide bonds. The Balaban J connectivity index is 1.37. The Hall–Kier alpha value is -3.80. The number of nitrogens with zero attached hydrogens (tertiary/aromatic N) is 1. The van der Waals surface area contributed by atoms with Gasteiger partial charge in [-0.25, -0.2) is 0 Å². The van der Waals surface area contributed by atoms with Crippen LogP contribution in [-0.2, 0) is 19.7 Å². The second kappa shape index (κ2) is 11.7. The summed E-state index contributed by atoms with van der Waals surface area (Å²) in [4.78, 5) is 37.4. The van der Waals surface area contributed by atoms with Gasteiger partial charge in [0.2, 0.25) is 5.91 Å². The lowest BCUT2D eigenvalue weighted by Crippen LogP contribution is -2.32. The van der Waals surface area contributed by atoms with Crippen molar-refractivity contribution < 1.29 is 31.7 Å². The molecule has 1 fully saturated rings. The monoisotopic (exact) mass is 572 g/mol. The van der Waals surface area contributed by atoms with Crippen molar-refractivity contribution in [2.45, 2.75) is 11.8 Å². The van der Waals surface area contributed by atoms with Gasteiger partial charge in [-0.1, -0.05) is 35.9 Å². The number of para-hydroxylation sites is 1. The van der Waals surface area contributed by atoms with Crippen LogP contribution in [0.15, 0.2) is 82.6 Å². The van der Waals surface area contributed by atoms with Crippen LogP contribution in [0.25, 0.3) is 6.08 Å². The number of ether oxygens (including phenoxy) is 1. The summed E-state index contributed by atoms with van der Waals surface area (Å²) < 4.78 is 35.9. The fraction of sp³-hybridized carbons (Fsp3) is 0.115. The number of amides is 3. The SMILES string of the molecule is CC(=O)Nc1ccc(S(=O)(=O)Oc2ccc(/C=C3\SC(=O)N(CCOc4ccccc4Cl)C3=O)cc2)cc1. The van der Waals surface area contributed by atoms with E-state index in [1.165, 1.54) is 43.3 Å². The molecule has 38 heavy (non-hydrogen) atoms. The second-order valence-corrected chi connectivity index (χ2v) is 10.9. The first-order valence-corrected chi connectivity index (χ1v) is 13.8. The van der Waals surface area contributed by atoms with Crippen molar-refractivity contribution in [3.05, 3.63) is 88.3 Å². The molecule has 0 saturated carbocycles. The standard InChI is InChI=1S/C26H21ClN2O7S2/c1-17(30)28-19-8-12-21(13-9-19)38(33,34)36-20-10-6-18(7-11-20)16-24-25(31)29(26(32)37-24)14-15-35-23-5-3-2-4-22(23)27/h2-13,16H,14-15H2,1H3,(H,28,30)/b24-16-. The largest absolute Gasteiger partial charge is 0.490 e. The molecule has 12 heteroatoms. The molecular weight excluding hydrogens is 552 g/mol. The quantitative estimate of drug-likeness (QED) is 0.275. The molecule has 0 aromatic heterocycles. The van der Waals surface area contributed by atoms with Crippen LogP contribution < -0.4 is 14.2 Å². The highest BCUT2D eigenvalue weighted by Crippen LogP contribution is 2.33. The Kier molecular flexibility index (Phi) is 8.40. The minimum absolute atomic E-state index is 0.0592.